The van der Waals surface area contributed by atoms with Crippen molar-refractivity contribution in [3.63, 3.8) is 0 Å². The topological polar surface area (TPSA) is 112 Å². The summed E-state index contributed by atoms with van der Waals surface area (Å²) < 4.78 is 33.4. The molecule has 59 heavy (non-hydrogen) atoms. The van der Waals surface area contributed by atoms with Crippen LogP contribution in [0, 0.1) is 0 Å². The van der Waals surface area contributed by atoms with E-state index in [-0.39, 0.29) is 26.1 Å². The van der Waals surface area contributed by atoms with E-state index in [0.29, 0.717) is 19.4 Å². The summed E-state index contributed by atoms with van der Waals surface area (Å²) in [7, 11) is -0.756. The lowest BCUT2D eigenvalue weighted by atomic mass is 10.1. The number of carbonyl (C=O) groups excluding carboxylic acids is 2. The second-order valence-electron chi connectivity index (χ2n) is 14.8. The quantitative estimate of drug-likeness (QED) is 0.0279. The van der Waals surface area contributed by atoms with Crippen molar-refractivity contribution in [1.29, 1.82) is 0 Å². The number of allylic oxidation sites excluding steroid dienone is 16. The van der Waals surface area contributed by atoms with Gasteiger partial charge in [-0.05, 0) is 110 Å². The minimum atomic E-state index is -4.39. The van der Waals surface area contributed by atoms with Gasteiger partial charge in [0.25, 0.3) is 0 Å². The monoisotopic (exact) mass is 844 g/mol. The summed E-state index contributed by atoms with van der Waals surface area (Å²) in [5, 5.41) is 0. The van der Waals surface area contributed by atoms with Crippen molar-refractivity contribution >= 4 is 19.8 Å². The van der Waals surface area contributed by atoms with Crippen LogP contribution in [-0.2, 0) is 32.7 Å². The molecule has 0 aliphatic carbocycles. The van der Waals surface area contributed by atoms with Gasteiger partial charge in [-0.15, -0.1) is 0 Å². The van der Waals surface area contributed by atoms with Crippen LogP contribution in [0.5, 0.6) is 0 Å². The van der Waals surface area contributed by atoms with Crippen molar-refractivity contribution in [2.75, 3.05) is 40.5 Å². The van der Waals surface area contributed by atoms with E-state index >= 15 is 0 Å². The normalized spacial score (nSPS) is 14.3. The van der Waals surface area contributed by atoms with Crippen molar-refractivity contribution in [1.82, 2.24) is 4.90 Å². The van der Waals surface area contributed by atoms with Gasteiger partial charge in [0.2, 0.25) is 0 Å². The molecule has 1 N–H and O–H groups in total. The van der Waals surface area contributed by atoms with Crippen LogP contribution in [0.2, 0.25) is 0 Å². The third-order valence-electron chi connectivity index (χ3n) is 8.87. The number of unbranched alkanes of at least 4 members (excludes halogenated alkanes) is 10. The first kappa shape index (κ1) is 55.9. The Morgan fingerprint density at radius 2 is 0.966 bits per heavy atom. The standard InChI is InChI=1S/C49H82NO8P/c1-5-7-9-11-13-15-17-19-21-23-24-26-28-30-32-34-36-38-40-42-49(52)58-47(46-57-59(53,54)56-44-43-50(3)4)45-55-48(51)41-39-37-35-33-31-29-27-25-22-20-18-16-14-12-10-8-6-2/h7,9,13-16,19-22,24,26-27,29-30,32,47H,5-6,8,10-12,17-18,23,25,28,31,33-46H2,1-4H3,(H,53,54)/b9-7-,15-13-,16-14-,21-19-,22-20-,26-24-,29-27-,32-30-. The van der Waals surface area contributed by atoms with Gasteiger partial charge in [0.05, 0.1) is 13.2 Å². The third kappa shape index (κ3) is 44.3. The molecular weight excluding hydrogens is 762 g/mol. The molecular formula is C49H82NO8P. The van der Waals surface area contributed by atoms with Gasteiger partial charge in [-0.2, -0.15) is 0 Å². The zero-order chi connectivity index (χ0) is 43.3. The molecule has 0 bridgehead atoms. The number of likely N-dealkylation sites (N-methyl/N-ethyl adjacent to an activating group) is 1. The molecule has 336 valence electrons. The van der Waals surface area contributed by atoms with Gasteiger partial charge in [-0.1, -0.05) is 143 Å². The van der Waals surface area contributed by atoms with Crippen molar-refractivity contribution in [2.45, 2.75) is 161 Å². The van der Waals surface area contributed by atoms with Crippen LogP contribution in [0.15, 0.2) is 97.2 Å². The van der Waals surface area contributed by atoms with Crippen LogP contribution in [0.1, 0.15) is 155 Å². The number of rotatable bonds is 40. The number of phosphoric acid groups is 1. The van der Waals surface area contributed by atoms with Crippen molar-refractivity contribution < 1.29 is 37.6 Å². The third-order valence-corrected chi connectivity index (χ3v) is 9.86. The SMILES string of the molecule is CC/C=C\C/C=C\C/C=C\C/C=C\C/C=C\CCCCCC(=O)OC(COC(=O)CCCCCC/C=C\C/C=C\C/C=C\CCCCC)COP(=O)(O)OCCN(C)C. The molecule has 0 amide bonds. The Labute approximate surface area is 360 Å². The maximum Gasteiger partial charge on any atom is 0.472 e. The molecule has 0 fully saturated rings. The van der Waals surface area contributed by atoms with Gasteiger partial charge in [0.15, 0.2) is 6.10 Å². The smallest absolute Gasteiger partial charge is 0.462 e. The second kappa shape index (κ2) is 43.0. The summed E-state index contributed by atoms with van der Waals surface area (Å²) in [6.07, 6.45) is 54.5. The fourth-order valence-corrected chi connectivity index (χ4v) is 6.17. The molecule has 10 heteroatoms. The number of carbonyl (C=O) groups is 2. The predicted octanol–water partition coefficient (Wildman–Crippen LogP) is 13.2. The molecule has 0 heterocycles. The molecule has 0 aromatic carbocycles. The van der Waals surface area contributed by atoms with Gasteiger partial charge >= 0.3 is 19.8 Å². The second-order valence-corrected chi connectivity index (χ2v) is 16.3. The van der Waals surface area contributed by atoms with E-state index in [1.807, 2.05) is 14.1 Å². The van der Waals surface area contributed by atoms with Gasteiger partial charge in [-0.25, -0.2) is 4.57 Å². The Balaban J connectivity index is 4.41. The summed E-state index contributed by atoms with van der Waals surface area (Å²) >= 11 is 0. The first-order valence-corrected chi connectivity index (χ1v) is 24.0. The lowest BCUT2D eigenvalue weighted by molar-refractivity contribution is -0.161. The number of nitrogens with zero attached hydrogens (tertiary/aromatic N) is 1. The Morgan fingerprint density at radius 3 is 1.44 bits per heavy atom. The average Bonchev–Trinajstić information content (AvgIpc) is 3.20. The summed E-state index contributed by atoms with van der Waals surface area (Å²) in [5.41, 5.74) is 0. The molecule has 0 aromatic heterocycles. The molecule has 0 saturated carbocycles. The van der Waals surface area contributed by atoms with Crippen molar-refractivity contribution in [2.24, 2.45) is 0 Å². The fourth-order valence-electron chi connectivity index (χ4n) is 5.42. The highest BCUT2D eigenvalue weighted by Gasteiger charge is 2.26. The fraction of sp³-hybridized carbons (Fsp3) is 0.633. The molecule has 0 radical (unpaired) electrons. The maximum absolute atomic E-state index is 12.7. The summed E-state index contributed by atoms with van der Waals surface area (Å²) in [4.78, 5) is 37.1. The van der Waals surface area contributed by atoms with E-state index in [2.05, 4.69) is 111 Å². The molecule has 0 saturated heterocycles. The zero-order valence-corrected chi connectivity index (χ0v) is 38.3. The molecule has 0 spiro atoms. The Bertz CT molecular complexity index is 1300. The number of phosphoric ester groups is 1. The van der Waals surface area contributed by atoms with E-state index in [1.54, 1.807) is 4.90 Å². The lowest BCUT2D eigenvalue weighted by Gasteiger charge is -2.20. The van der Waals surface area contributed by atoms with Crippen molar-refractivity contribution in [3.05, 3.63) is 97.2 Å². The Hall–Kier alpha value is -3.07. The van der Waals surface area contributed by atoms with E-state index in [0.717, 1.165) is 89.9 Å². The number of hydrogen-bond donors (Lipinski definition) is 1. The number of ether oxygens (including phenoxy) is 2. The first-order chi connectivity index (χ1) is 28.7. The van der Waals surface area contributed by atoms with Crippen LogP contribution >= 0.6 is 7.82 Å². The predicted molar refractivity (Wildman–Crippen MR) is 247 cm³/mol. The summed E-state index contributed by atoms with van der Waals surface area (Å²) in [5.74, 6) is -0.876. The summed E-state index contributed by atoms with van der Waals surface area (Å²) in [6, 6.07) is 0. The molecule has 9 nitrogen and oxygen atoms in total. The Kier molecular flexibility index (Phi) is 40.8. The van der Waals surface area contributed by atoms with E-state index < -0.39 is 32.5 Å². The van der Waals surface area contributed by atoms with Crippen molar-refractivity contribution in [3.8, 4) is 0 Å². The van der Waals surface area contributed by atoms with Crippen LogP contribution in [0.4, 0.5) is 0 Å². The van der Waals surface area contributed by atoms with Crippen LogP contribution in [-0.4, -0.2) is 68.3 Å². The molecule has 0 rings (SSSR count). The summed E-state index contributed by atoms with van der Waals surface area (Å²) in [6.45, 7) is 4.09. The number of hydrogen-bond acceptors (Lipinski definition) is 8. The first-order valence-electron chi connectivity index (χ1n) is 22.5. The van der Waals surface area contributed by atoms with Crippen LogP contribution < -0.4 is 0 Å². The van der Waals surface area contributed by atoms with Gasteiger partial charge < -0.3 is 19.3 Å². The van der Waals surface area contributed by atoms with Gasteiger partial charge in [-0.3, -0.25) is 18.6 Å². The lowest BCUT2D eigenvalue weighted by Crippen LogP contribution is -2.29. The van der Waals surface area contributed by atoms with Crippen LogP contribution in [0.25, 0.3) is 0 Å². The largest absolute Gasteiger partial charge is 0.472 e. The van der Waals surface area contributed by atoms with E-state index in [9.17, 15) is 19.0 Å². The number of esters is 2. The molecule has 2 atom stereocenters. The minimum absolute atomic E-state index is 0.00909. The maximum atomic E-state index is 12.7. The Morgan fingerprint density at radius 1 is 0.542 bits per heavy atom. The average molecular weight is 844 g/mol. The van der Waals surface area contributed by atoms with Gasteiger partial charge in [0.1, 0.15) is 6.61 Å². The zero-order valence-electron chi connectivity index (χ0n) is 37.4. The highest BCUT2D eigenvalue weighted by Crippen LogP contribution is 2.43. The van der Waals surface area contributed by atoms with Crippen LogP contribution in [0.3, 0.4) is 0 Å². The van der Waals surface area contributed by atoms with E-state index in [1.165, 1.54) is 25.7 Å². The molecule has 0 aliphatic rings. The molecule has 2 unspecified atom stereocenters. The molecule has 0 aliphatic heterocycles. The highest BCUT2D eigenvalue weighted by molar-refractivity contribution is 7.47. The molecule has 0 aromatic rings. The highest BCUT2D eigenvalue weighted by atomic mass is 31.2. The minimum Gasteiger partial charge on any atom is -0.462 e. The van der Waals surface area contributed by atoms with Gasteiger partial charge in [0, 0.05) is 19.4 Å². The van der Waals surface area contributed by atoms with E-state index in [4.69, 9.17) is 18.5 Å².